The molecule has 1 aliphatic rings. The van der Waals surface area contributed by atoms with Gasteiger partial charge in [-0.15, -0.1) is 0 Å². The summed E-state index contributed by atoms with van der Waals surface area (Å²) in [6.07, 6.45) is 7.04. The van der Waals surface area contributed by atoms with Gasteiger partial charge >= 0.3 is 0 Å². The molecule has 1 N–H and O–H groups in total. The van der Waals surface area contributed by atoms with Crippen LogP contribution in [0.25, 0.3) is 0 Å². The predicted octanol–water partition coefficient (Wildman–Crippen LogP) is 2.29. The first kappa shape index (κ1) is 13.8. The highest BCUT2D eigenvalue weighted by molar-refractivity contribution is 5.47. The van der Waals surface area contributed by atoms with E-state index in [1.807, 2.05) is 24.4 Å². The lowest BCUT2D eigenvalue weighted by Crippen LogP contribution is -2.26. The molecule has 110 valence electrons. The van der Waals surface area contributed by atoms with Crippen LogP contribution in [0.5, 0.6) is 0 Å². The Kier molecular flexibility index (Phi) is 4.31. The molecule has 1 aromatic carbocycles. The molecule has 0 spiro atoms. The van der Waals surface area contributed by atoms with Gasteiger partial charge in [0.25, 0.3) is 0 Å². The van der Waals surface area contributed by atoms with Crippen molar-refractivity contribution >= 4 is 6.41 Å². The molecule has 0 radical (unpaired) electrons. The zero-order valence-electron chi connectivity index (χ0n) is 11.8. The first-order chi connectivity index (χ1) is 10.4. The van der Waals surface area contributed by atoms with Crippen LogP contribution in [0.4, 0.5) is 0 Å². The van der Waals surface area contributed by atoms with Gasteiger partial charge in [0.15, 0.2) is 0 Å². The van der Waals surface area contributed by atoms with Crippen molar-refractivity contribution in [3.63, 3.8) is 0 Å². The van der Waals surface area contributed by atoms with Crippen LogP contribution in [0.1, 0.15) is 30.0 Å². The lowest BCUT2D eigenvalue weighted by molar-refractivity contribution is -0.176. The topological polar surface area (TPSA) is 58.2 Å². The molecule has 0 aliphatic heterocycles. The molecule has 5 nitrogen and oxygen atoms in total. The molecule has 3 rings (SSSR count). The molecule has 1 amide bonds. The van der Waals surface area contributed by atoms with Crippen LogP contribution >= 0.6 is 0 Å². The molecule has 0 bridgehead atoms. The Morgan fingerprint density at radius 1 is 1.38 bits per heavy atom. The first-order valence-corrected chi connectivity index (χ1v) is 7.27. The second-order valence-electron chi connectivity index (χ2n) is 5.30. The van der Waals surface area contributed by atoms with E-state index in [1.54, 1.807) is 6.33 Å². The van der Waals surface area contributed by atoms with Crippen molar-refractivity contribution in [2.24, 2.45) is 0 Å². The van der Waals surface area contributed by atoms with E-state index in [1.165, 1.54) is 10.6 Å². The number of aryl methyl sites for hydroxylation is 1. The quantitative estimate of drug-likeness (QED) is 0.460. The van der Waals surface area contributed by atoms with Gasteiger partial charge in [-0.05, 0) is 24.8 Å². The van der Waals surface area contributed by atoms with Crippen molar-refractivity contribution < 1.29 is 9.63 Å². The van der Waals surface area contributed by atoms with Gasteiger partial charge in [0.05, 0.1) is 19.0 Å². The van der Waals surface area contributed by atoms with Crippen molar-refractivity contribution in [3.8, 4) is 0 Å². The monoisotopic (exact) mass is 285 g/mol. The zero-order chi connectivity index (χ0) is 14.5. The molecule has 0 unspecified atom stereocenters. The number of hydrogen-bond donors (Lipinski definition) is 1. The van der Waals surface area contributed by atoms with Gasteiger partial charge in [-0.2, -0.15) is 0 Å². The average Bonchev–Trinajstić information content (AvgIpc) is 3.12. The largest absolute Gasteiger partial charge is 0.348 e. The van der Waals surface area contributed by atoms with Crippen LogP contribution < -0.4 is 0 Å². The van der Waals surface area contributed by atoms with Crippen molar-refractivity contribution in [3.05, 3.63) is 54.1 Å². The van der Waals surface area contributed by atoms with E-state index in [9.17, 15) is 4.79 Å². The fourth-order valence-electron chi connectivity index (χ4n) is 2.56. The third-order valence-electron chi connectivity index (χ3n) is 3.80. The fourth-order valence-corrected chi connectivity index (χ4v) is 2.56. The van der Waals surface area contributed by atoms with E-state index in [4.69, 9.17) is 4.84 Å². The third-order valence-corrected chi connectivity index (χ3v) is 3.80. The minimum absolute atomic E-state index is 0.139. The Balaban J connectivity index is 1.41. The van der Waals surface area contributed by atoms with E-state index < -0.39 is 0 Å². The molecule has 1 fully saturated rings. The molecule has 21 heavy (non-hydrogen) atoms. The maximum absolute atomic E-state index is 11.1. The van der Waals surface area contributed by atoms with Gasteiger partial charge in [-0.25, -0.2) is 10.0 Å². The normalized spacial score (nSPS) is 20.2. The van der Waals surface area contributed by atoms with E-state index in [-0.39, 0.29) is 6.04 Å². The number of H-pyrrole nitrogens is 1. The minimum atomic E-state index is 0.139. The standard InChI is InChI=1S/C16H19N3O2/c20-12-19(16-9-14(16)15-10-17-11-18-15)21-8-4-7-13-5-2-1-3-6-13/h1-3,5-6,10-12,14,16H,4,7-9H2,(H,17,18)/t14-,16+/m0/s1. The number of nitrogens with zero attached hydrogens (tertiary/aromatic N) is 2. The summed E-state index contributed by atoms with van der Waals surface area (Å²) in [5.74, 6) is 0.326. The zero-order valence-corrected chi connectivity index (χ0v) is 11.8. The second-order valence-corrected chi connectivity index (χ2v) is 5.30. The van der Waals surface area contributed by atoms with E-state index in [0.29, 0.717) is 12.5 Å². The SMILES string of the molecule is O=CN(OCCCc1ccccc1)[C@@H]1C[C@H]1c1cnc[nH]1. The van der Waals surface area contributed by atoms with Crippen LogP contribution in [-0.2, 0) is 16.1 Å². The Morgan fingerprint density at radius 3 is 2.95 bits per heavy atom. The Labute approximate surface area is 123 Å². The highest BCUT2D eigenvalue weighted by atomic mass is 16.7. The number of aromatic amines is 1. The van der Waals surface area contributed by atoms with Crippen molar-refractivity contribution in [2.75, 3.05) is 6.61 Å². The molecule has 5 heteroatoms. The van der Waals surface area contributed by atoms with E-state index in [0.717, 1.165) is 31.4 Å². The first-order valence-electron chi connectivity index (χ1n) is 7.27. The summed E-state index contributed by atoms with van der Waals surface area (Å²) in [5, 5.41) is 1.45. The van der Waals surface area contributed by atoms with Crippen LogP contribution in [0.3, 0.4) is 0 Å². The molecule has 0 saturated heterocycles. The fraction of sp³-hybridized carbons (Fsp3) is 0.375. The summed E-state index contributed by atoms with van der Waals surface area (Å²) in [5.41, 5.74) is 2.36. The summed E-state index contributed by atoms with van der Waals surface area (Å²) >= 11 is 0. The van der Waals surface area contributed by atoms with Gasteiger partial charge in [-0.1, -0.05) is 30.3 Å². The number of imidazole rings is 1. The number of hydrogen-bond acceptors (Lipinski definition) is 3. The van der Waals surface area contributed by atoms with Gasteiger partial charge in [0, 0.05) is 17.8 Å². The predicted molar refractivity (Wildman–Crippen MR) is 78.4 cm³/mol. The number of benzene rings is 1. The third kappa shape index (κ3) is 3.49. The lowest BCUT2D eigenvalue weighted by atomic mass is 10.1. The van der Waals surface area contributed by atoms with Crippen LogP contribution in [0.2, 0.25) is 0 Å². The molecule has 1 saturated carbocycles. The average molecular weight is 285 g/mol. The molecule has 1 aromatic heterocycles. The highest BCUT2D eigenvalue weighted by Crippen LogP contribution is 2.43. The summed E-state index contributed by atoms with van der Waals surface area (Å²) in [6, 6.07) is 10.4. The van der Waals surface area contributed by atoms with Crippen LogP contribution in [0, 0.1) is 0 Å². The summed E-state index contributed by atoms with van der Waals surface area (Å²) in [6.45, 7) is 0.555. The number of hydroxylamine groups is 2. The Hall–Kier alpha value is -2.14. The van der Waals surface area contributed by atoms with Crippen molar-refractivity contribution in [1.29, 1.82) is 0 Å². The molecular weight excluding hydrogens is 266 g/mol. The van der Waals surface area contributed by atoms with Gasteiger partial charge in [0.1, 0.15) is 0 Å². The maximum Gasteiger partial charge on any atom is 0.233 e. The smallest absolute Gasteiger partial charge is 0.233 e. The molecule has 1 aliphatic carbocycles. The maximum atomic E-state index is 11.1. The second kappa shape index (κ2) is 6.54. The number of carbonyl (C=O) groups excluding carboxylic acids is 1. The molecule has 2 atom stereocenters. The summed E-state index contributed by atoms with van der Waals surface area (Å²) < 4.78 is 0. The summed E-state index contributed by atoms with van der Waals surface area (Å²) in [7, 11) is 0. The Morgan fingerprint density at radius 2 is 2.24 bits per heavy atom. The van der Waals surface area contributed by atoms with E-state index >= 15 is 0 Å². The summed E-state index contributed by atoms with van der Waals surface area (Å²) in [4.78, 5) is 23.8. The lowest BCUT2D eigenvalue weighted by Gasteiger charge is -2.16. The number of aromatic nitrogens is 2. The van der Waals surface area contributed by atoms with Crippen LogP contribution in [-0.4, -0.2) is 34.1 Å². The van der Waals surface area contributed by atoms with Gasteiger partial charge in [-0.3, -0.25) is 9.63 Å². The number of amides is 1. The van der Waals surface area contributed by atoms with Gasteiger partial charge in [0.2, 0.25) is 6.41 Å². The molecule has 2 aromatic rings. The van der Waals surface area contributed by atoms with Crippen molar-refractivity contribution in [1.82, 2.24) is 15.0 Å². The minimum Gasteiger partial charge on any atom is -0.348 e. The highest BCUT2D eigenvalue weighted by Gasteiger charge is 2.44. The van der Waals surface area contributed by atoms with Crippen molar-refractivity contribution in [2.45, 2.75) is 31.2 Å². The number of rotatable bonds is 8. The molecule has 1 heterocycles. The molecular formula is C16H19N3O2. The number of carbonyl (C=O) groups is 1. The van der Waals surface area contributed by atoms with Crippen LogP contribution in [0.15, 0.2) is 42.9 Å². The Bertz CT molecular complexity index is 556. The van der Waals surface area contributed by atoms with E-state index in [2.05, 4.69) is 22.1 Å². The van der Waals surface area contributed by atoms with Gasteiger partial charge < -0.3 is 4.98 Å². The number of nitrogens with one attached hydrogen (secondary N) is 1.